The van der Waals surface area contributed by atoms with E-state index in [9.17, 15) is 13.2 Å². The fourth-order valence-electron chi connectivity index (χ4n) is 3.58. The van der Waals surface area contributed by atoms with Crippen LogP contribution in [0.5, 0.6) is 0 Å². The Balaban J connectivity index is 1.38. The Labute approximate surface area is 175 Å². The number of morpholine rings is 2. The molecule has 2 aromatic rings. The van der Waals surface area contributed by atoms with Crippen molar-refractivity contribution in [1.82, 2.24) is 14.2 Å². The predicted octanol–water partition coefficient (Wildman–Crippen LogP) is 1.78. The van der Waals surface area contributed by atoms with Crippen molar-refractivity contribution < 1.29 is 17.9 Å². The minimum absolute atomic E-state index is 0.0416. The molecule has 0 spiro atoms. The number of fused-ring (bicyclic) bond motifs is 2. The third-order valence-electron chi connectivity index (χ3n) is 5.07. The lowest BCUT2D eigenvalue weighted by atomic mass is 10.1. The highest BCUT2D eigenvalue weighted by atomic mass is 32.2. The van der Waals surface area contributed by atoms with E-state index < -0.39 is 10.0 Å². The second kappa shape index (κ2) is 8.43. The van der Waals surface area contributed by atoms with Crippen LogP contribution in [0.2, 0.25) is 0 Å². The number of hydrogen-bond acceptors (Lipinski definition) is 6. The topological polar surface area (TPSA) is 79.8 Å². The number of aromatic nitrogens is 1. The molecule has 2 bridgehead atoms. The molecule has 2 saturated heterocycles. The van der Waals surface area contributed by atoms with Gasteiger partial charge in [0, 0.05) is 43.5 Å². The zero-order valence-electron chi connectivity index (χ0n) is 16.1. The molecule has 29 heavy (non-hydrogen) atoms. The van der Waals surface area contributed by atoms with E-state index in [4.69, 9.17) is 4.74 Å². The number of aryl methyl sites for hydroxylation is 1. The summed E-state index contributed by atoms with van der Waals surface area (Å²) in [5.74, 6) is 0.384. The Hall–Kier alpha value is -1.94. The van der Waals surface area contributed by atoms with Crippen molar-refractivity contribution in [3.05, 3.63) is 54.4 Å². The van der Waals surface area contributed by atoms with Crippen molar-refractivity contribution in [2.24, 2.45) is 0 Å². The lowest BCUT2D eigenvalue weighted by molar-refractivity contribution is -0.152. The molecule has 1 amide bonds. The zero-order valence-corrected chi connectivity index (χ0v) is 17.7. The van der Waals surface area contributed by atoms with E-state index in [-0.39, 0.29) is 31.2 Å². The number of nitrogens with zero attached hydrogens (tertiary/aromatic N) is 3. The zero-order chi connectivity index (χ0) is 20.4. The molecule has 0 saturated carbocycles. The molecule has 2 unspecified atom stereocenters. The first-order valence-corrected chi connectivity index (χ1v) is 11.9. The third-order valence-corrected chi connectivity index (χ3v) is 7.91. The molecular formula is C20H23N3O4S2. The van der Waals surface area contributed by atoms with Crippen molar-refractivity contribution in [3.63, 3.8) is 0 Å². The molecule has 154 valence electrons. The second-order valence-electron chi connectivity index (χ2n) is 7.29. The summed E-state index contributed by atoms with van der Waals surface area (Å²) in [7, 11) is -3.56. The number of pyridine rings is 1. The van der Waals surface area contributed by atoms with Gasteiger partial charge in [0.25, 0.3) is 0 Å². The minimum atomic E-state index is -3.56. The van der Waals surface area contributed by atoms with E-state index in [1.54, 1.807) is 41.6 Å². The van der Waals surface area contributed by atoms with Gasteiger partial charge in [-0.3, -0.25) is 9.78 Å². The number of rotatable bonds is 5. The molecule has 2 aliphatic rings. The van der Waals surface area contributed by atoms with E-state index in [0.717, 1.165) is 10.5 Å². The minimum Gasteiger partial charge on any atom is -0.369 e. The van der Waals surface area contributed by atoms with Gasteiger partial charge in [0.1, 0.15) is 0 Å². The average Bonchev–Trinajstić information content (AvgIpc) is 2.72. The molecule has 4 rings (SSSR count). The fraction of sp³-hybridized carbons (Fsp3) is 0.400. The average molecular weight is 434 g/mol. The van der Waals surface area contributed by atoms with Gasteiger partial charge in [0.2, 0.25) is 15.9 Å². The molecule has 0 radical (unpaired) electrons. The number of ether oxygens (including phenoxy) is 1. The van der Waals surface area contributed by atoms with Gasteiger partial charge in [-0.2, -0.15) is 4.31 Å². The first kappa shape index (κ1) is 20.3. The molecule has 0 aliphatic carbocycles. The van der Waals surface area contributed by atoms with Crippen molar-refractivity contribution in [2.75, 3.05) is 31.9 Å². The van der Waals surface area contributed by atoms with Gasteiger partial charge in [-0.05, 0) is 31.2 Å². The first-order valence-electron chi connectivity index (χ1n) is 9.45. The number of carbonyl (C=O) groups excluding carboxylic acids is 1. The number of amides is 1. The molecule has 2 aliphatic heterocycles. The maximum absolute atomic E-state index is 13.0. The summed E-state index contributed by atoms with van der Waals surface area (Å²) in [6, 6.07) is 10.6. The lowest BCUT2D eigenvalue weighted by Crippen LogP contribution is -2.61. The molecule has 7 nitrogen and oxygen atoms in total. The maximum atomic E-state index is 13.0. The third kappa shape index (κ3) is 4.63. The normalized spacial score (nSPS) is 22.4. The summed E-state index contributed by atoms with van der Waals surface area (Å²) in [6.45, 7) is 3.26. The van der Waals surface area contributed by atoms with Gasteiger partial charge in [0.05, 0.1) is 22.9 Å². The lowest BCUT2D eigenvalue weighted by Gasteiger charge is -2.45. The van der Waals surface area contributed by atoms with Crippen LogP contribution in [0.1, 0.15) is 5.56 Å². The van der Waals surface area contributed by atoms with Crippen LogP contribution in [-0.4, -0.2) is 72.7 Å². The first-order chi connectivity index (χ1) is 13.9. The molecular weight excluding hydrogens is 410 g/mol. The molecule has 2 atom stereocenters. The Bertz CT molecular complexity index is 953. The van der Waals surface area contributed by atoms with E-state index in [1.165, 1.54) is 16.1 Å². The monoisotopic (exact) mass is 433 g/mol. The molecule has 1 aromatic carbocycles. The summed E-state index contributed by atoms with van der Waals surface area (Å²) >= 11 is 1.48. The van der Waals surface area contributed by atoms with Crippen LogP contribution in [0.25, 0.3) is 0 Å². The van der Waals surface area contributed by atoms with E-state index in [2.05, 4.69) is 4.98 Å². The van der Waals surface area contributed by atoms with Gasteiger partial charge in [0.15, 0.2) is 0 Å². The maximum Gasteiger partial charge on any atom is 0.243 e. The molecule has 0 N–H and O–H groups in total. The number of sulfonamides is 1. The van der Waals surface area contributed by atoms with Crippen molar-refractivity contribution in [1.29, 1.82) is 0 Å². The number of benzene rings is 1. The van der Waals surface area contributed by atoms with Gasteiger partial charge in [-0.1, -0.05) is 17.7 Å². The van der Waals surface area contributed by atoms with Crippen molar-refractivity contribution in [3.8, 4) is 0 Å². The number of hydrogen-bond donors (Lipinski definition) is 0. The van der Waals surface area contributed by atoms with Crippen LogP contribution < -0.4 is 0 Å². The van der Waals surface area contributed by atoms with Crippen LogP contribution in [0.3, 0.4) is 0 Å². The van der Waals surface area contributed by atoms with Crippen LogP contribution >= 0.6 is 11.8 Å². The van der Waals surface area contributed by atoms with Gasteiger partial charge < -0.3 is 9.64 Å². The number of carbonyl (C=O) groups is 1. The molecule has 1 aromatic heterocycles. The smallest absolute Gasteiger partial charge is 0.243 e. The van der Waals surface area contributed by atoms with Crippen molar-refractivity contribution >= 4 is 27.7 Å². The standard InChI is InChI=1S/C20H23N3O4S2/c1-15-2-4-19(5-3-15)29(25,26)23-12-16-10-22(11-17(13-23)27-16)20(24)14-28-18-6-8-21-9-7-18/h2-9,16-17H,10-14H2,1H3. The SMILES string of the molecule is Cc1ccc(S(=O)(=O)N2CC3CN(C(=O)CSc4ccncc4)CC(C2)O3)cc1. The molecule has 3 heterocycles. The predicted molar refractivity (Wildman–Crippen MR) is 110 cm³/mol. The van der Waals surface area contributed by atoms with Gasteiger partial charge >= 0.3 is 0 Å². The van der Waals surface area contributed by atoms with Crippen molar-refractivity contribution in [2.45, 2.75) is 28.9 Å². The summed E-state index contributed by atoms with van der Waals surface area (Å²) in [5, 5.41) is 0. The summed E-state index contributed by atoms with van der Waals surface area (Å²) in [4.78, 5) is 19.7. The van der Waals surface area contributed by atoms with E-state index in [0.29, 0.717) is 23.7 Å². The Kier molecular flexibility index (Phi) is 5.91. The highest BCUT2D eigenvalue weighted by Gasteiger charge is 2.40. The quantitative estimate of drug-likeness (QED) is 0.669. The van der Waals surface area contributed by atoms with E-state index >= 15 is 0 Å². The Morgan fingerprint density at radius 1 is 1.07 bits per heavy atom. The van der Waals surface area contributed by atoms with Gasteiger partial charge in [-0.15, -0.1) is 11.8 Å². The Morgan fingerprint density at radius 3 is 2.31 bits per heavy atom. The largest absolute Gasteiger partial charge is 0.369 e. The van der Waals surface area contributed by atoms with Crippen LogP contribution in [-0.2, 0) is 19.6 Å². The van der Waals surface area contributed by atoms with Crippen LogP contribution in [0.4, 0.5) is 0 Å². The van der Waals surface area contributed by atoms with Gasteiger partial charge in [-0.25, -0.2) is 8.42 Å². The highest BCUT2D eigenvalue weighted by Crippen LogP contribution is 2.26. The highest BCUT2D eigenvalue weighted by molar-refractivity contribution is 8.00. The van der Waals surface area contributed by atoms with Crippen LogP contribution in [0.15, 0.2) is 58.6 Å². The van der Waals surface area contributed by atoms with E-state index in [1.807, 2.05) is 19.1 Å². The number of thioether (sulfide) groups is 1. The summed E-state index contributed by atoms with van der Waals surface area (Å²) in [6.07, 6.45) is 2.79. The summed E-state index contributed by atoms with van der Waals surface area (Å²) in [5.41, 5.74) is 1.02. The molecule has 2 fully saturated rings. The summed E-state index contributed by atoms with van der Waals surface area (Å²) < 4.78 is 33.4. The Morgan fingerprint density at radius 2 is 1.69 bits per heavy atom. The second-order valence-corrected chi connectivity index (χ2v) is 10.3. The molecule has 9 heteroatoms. The van der Waals surface area contributed by atoms with Crippen LogP contribution in [0, 0.1) is 6.92 Å². The fourth-order valence-corrected chi connectivity index (χ4v) is 5.87.